The van der Waals surface area contributed by atoms with Crippen molar-refractivity contribution in [1.29, 1.82) is 5.26 Å². The van der Waals surface area contributed by atoms with E-state index in [0.717, 1.165) is 0 Å². The molecule has 1 aliphatic rings. The van der Waals surface area contributed by atoms with Gasteiger partial charge in [-0.15, -0.1) is 0 Å². The molecule has 1 unspecified atom stereocenters. The number of likely N-dealkylation sites (N-methyl/N-ethyl adjacent to an activating group) is 1. The highest BCUT2D eigenvalue weighted by molar-refractivity contribution is 5.60. The van der Waals surface area contributed by atoms with Crippen LogP contribution in [0, 0.1) is 17.1 Å². The summed E-state index contributed by atoms with van der Waals surface area (Å²) in [5, 5.41) is 8.63. The summed E-state index contributed by atoms with van der Waals surface area (Å²) in [6.45, 7) is 0.475. The van der Waals surface area contributed by atoms with E-state index >= 15 is 0 Å². The maximum atomic E-state index is 13.0. The average molecular weight is 206 g/mol. The summed E-state index contributed by atoms with van der Waals surface area (Å²) in [6, 6.07) is 6.52. The number of hydrogen-bond donors (Lipinski definition) is 0. The zero-order chi connectivity index (χ0) is 10.8. The van der Waals surface area contributed by atoms with Crippen LogP contribution in [0.1, 0.15) is 6.42 Å². The van der Waals surface area contributed by atoms with Gasteiger partial charge in [0.15, 0.2) is 0 Å². The van der Waals surface area contributed by atoms with Gasteiger partial charge in [-0.2, -0.15) is 5.26 Å². The SMILES string of the molecule is CN1c2cc(F)ccc2OCC1CC#N. The second-order valence-electron chi connectivity index (χ2n) is 3.55. The zero-order valence-corrected chi connectivity index (χ0v) is 8.40. The molecule has 0 amide bonds. The third-order valence-electron chi connectivity index (χ3n) is 2.61. The number of fused-ring (bicyclic) bond motifs is 1. The Morgan fingerprint density at radius 2 is 2.47 bits per heavy atom. The molecule has 1 aromatic rings. The summed E-state index contributed by atoms with van der Waals surface area (Å²) >= 11 is 0. The van der Waals surface area contributed by atoms with E-state index in [0.29, 0.717) is 24.5 Å². The van der Waals surface area contributed by atoms with Gasteiger partial charge in [-0.05, 0) is 12.1 Å². The van der Waals surface area contributed by atoms with Crippen molar-refractivity contribution in [2.45, 2.75) is 12.5 Å². The molecule has 0 aromatic heterocycles. The highest BCUT2D eigenvalue weighted by Crippen LogP contribution is 2.33. The Balaban J connectivity index is 2.32. The number of halogens is 1. The third kappa shape index (κ3) is 1.73. The minimum absolute atomic E-state index is 0.00398. The van der Waals surface area contributed by atoms with Crippen molar-refractivity contribution in [2.24, 2.45) is 0 Å². The third-order valence-corrected chi connectivity index (χ3v) is 2.61. The smallest absolute Gasteiger partial charge is 0.142 e. The molecule has 1 aromatic carbocycles. The predicted molar refractivity (Wildman–Crippen MR) is 54.3 cm³/mol. The van der Waals surface area contributed by atoms with Crippen molar-refractivity contribution >= 4 is 5.69 Å². The van der Waals surface area contributed by atoms with E-state index in [-0.39, 0.29) is 11.9 Å². The van der Waals surface area contributed by atoms with Crippen molar-refractivity contribution in [1.82, 2.24) is 0 Å². The fourth-order valence-corrected chi connectivity index (χ4v) is 1.68. The molecule has 15 heavy (non-hydrogen) atoms. The molecule has 0 saturated carbocycles. The van der Waals surface area contributed by atoms with Gasteiger partial charge >= 0.3 is 0 Å². The lowest BCUT2D eigenvalue weighted by molar-refractivity contribution is 0.267. The first-order chi connectivity index (χ1) is 7.22. The van der Waals surface area contributed by atoms with Crippen molar-refractivity contribution in [3.05, 3.63) is 24.0 Å². The van der Waals surface area contributed by atoms with E-state index in [4.69, 9.17) is 10.00 Å². The number of hydrogen-bond acceptors (Lipinski definition) is 3. The molecule has 1 atom stereocenters. The van der Waals surface area contributed by atoms with Crippen molar-refractivity contribution in [3.63, 3.8) is 0 Å². The van der Waals surface area contributed by atoms with Crippen LogP contribution in [-0.4, -0.2) is 19.7 Å². The first kappa shape index (κ1) is 9.78. The Morgan fingerprint density at radius 1 is 1.67 bits per heavy atom. The molecule has 0 N–H and O–H groups in total. The average Bonchev–Trinajstić information content (AvgIpc) is 2.23. The molecule has 0 radical (unpaired) electrons. The van der Waals surface area contributed by atoms with Crippen molar-refractivity contribution < 1.29 is 9.13 Å². The van der Waals surface area contributed by atoms with Crippen LogP contribution >= 0.6 is 0 Å². The molecule has 2 rings (SSSR count). The number of nitrogens with zero attached hydrogens (tertiary/aromatic N) is 2. The van der Waals surface area contributed by atoms with Gasteiger partial charge in [0.2, 0.25) is 0 Å². The normalized spacial score (nSPS) is 19.0. The van der Waals surface area contributed by atoms with Crippen molar-refractivity contribution in [3.8, 4) is 11.8 Å². The lowest BCUT2D eigenvalue weighted by Gasteiger charge is -2.34. The minimum Gasteiger partial charge on any atom is -0.489 e. The molecular formula is C11H11FN2O. The van der Waals surface area contributed by atoms with Crippen LogP contribution in [0.3, 0.4) is 0 Å². The monoisotopic (exact) mass is 206 g/mol. The Morgan fingerprint density at radius 3 is 3.20 bits per heavy atom. The van der Waals surface area contributed by atoms with Gasteiger partial charge in [-0.3, -0.25) is 0 Å². The fourth-order valence-electron chi connectivity index (χ4n) is 1.68. The maximum Gasteiger partial charge on any atom is 0.142 e. The Bertz CT molecular complexity index is 414. The maximum absolute atomic E-state index is 13.0. The van der Waals surface area contributed by atoms with Gasteiger partial charge in [0.1, 0.15) is 18.2 Å². The number of ether oxygens (including phenoxy) is 1. The van der Waals surface area contributed by atoms with Crippen LogP contribution in [0.25, 0.3) is 0 Å². The second kappa shape index (κ2) is 3.77. The quantitative estimate of drug-likeness (QED) is 0.704. The summed E-state index contributed by atoms with van der Waals surface area (Å²) in [5.41, 5.74) is 0.710. The van der Waals surface area contributed by atoms with Gasteiger partial charge in [0, 0.05) is 13.1 Å². The fraction of sp³-hybridized carbons (Fsp3) is 0.364. The molecule has 3 nitrogen and oxygen atoms in total. The second-order valence-corrected chi connectivity index (χ2v) is 3.55. The Kier molecular flexibility index (Phi) is 2.46. The highest BCUT2D eigenvalue weighted by atomic mass is 19.1. The standard InChI is InChI=1S/C11H11FN2O/c1-14-9(4-5-13)7-15-11-3-2-8(12)6-10(11)14/h2-3,6,9H,4,7H2,1H3. The van der Waals surface area contributed by atoms with E-state index in [1.807, 2.05) is 11.9 Å². The van der Waals surface area contributed by atoms with Crippen LogP contribution in [0.4, 0.5) is 10.1 Å². The van der Waals surface area contributed by atoms with Crippen LogP contribution < -0.4 is 9.64 Å². The van der Waals surface area contributed by atoms with Crippen molar-refractivity contribution in [2.75, 3.05) is 18.6 Å². The molecule has 0 spiro atoms. The number of benzene rings is 1. The molecule has 0 fully saturated rings. The van der Waals surface area contributed by atoms with E-state index in [1.54, 1.807) is 6.07 Å². The molecule has 78 valence electrons. The van der Waals surface area contributed by atoms with Gasteiger partial charge in [-0.25, -0.2) is 4.39 Å². The summed E-state index contributed by atoms with van der Waals surface area (Å²) in [6.07, 6.45) is 0.381. The van der Waals surface area contributed by atoms with Crippen LogP contribution in [0.5, 0.6) is 5.75 Å². The van der Waals surface area contributed by atoms with Gasteiger partial charge in [-0.1, -0.05) is 0 Å². The first-order valence-corrected chi connectivity index (χ1v) is 4.74. The van der Waals surface area contributed by atoms with Gasteiger partial charge in [0.25, 0.3) is 0 Å². The number of rotatable bonds is 1. The summed E-state index contributed by atoms with van der Waals surface area (Å²) in [7, 11) is 1.85. The van der Waals surface area contributed by atoms with E-state index in [9.17, 15) is 4.39 Å². The molecular weight excluding hydrogens is 195 g/mol. The largest absolute Gasteiger partial charge is 0.489 e. The molecule has 0 saturated heterocycles. The Hall–Kier alpha value is -1.76. The zero-order valence-electron chi connectivity index (χ0n) is 8.40. The van der Waals surface area contributed by atoms with Crippen LogP contribution in [-0.2, 0) is 0 Å². The van der Waals surface area contributed by atoms with Gasteiger partial charge < -0.3 is 9.64 Å². The highest BCUT2D eigenvalue weighted by Gasteiger charge is 2.24. The van der Waals surface area contributed by atoms with Crippen LogP contribution in [0.2, 0.25) is 0 Å². The molecule has 4 heteroatoms. The van der Waals surface area contributed by atoms with E-state index in [1.165, 1.54) is 12.1 Å². The molecule has 0 aliphatic carbocycles. The number of anilines is 1. The predicted octanol–water partition coefficient (Wildman–Crippen LogP) is 1.94. The minimum atomic E-state index is -0.290. The number of nitriles is 1. The molecule has 1 heterocycles. The lowest BCUT2D eigenvalue weighted by atomic mass is 10.1. The molecule has 0 bridgehead atoms. The Labute approximate surface area is 87.7 Å². The topological polar surface area (TPSA) is 36.3 Å². The summed E-state index contributed by atoms with van der Waals surface area (Å²) in [5.74, 6) is 0.384. The van der Waals surface area contributed by atoms with Gasteiger partial charge in [0.05, 0.1) is 24.2 Å². The van der Waals surface area contributed by atoms with E-state index < -0.39 is 0 Å². The van der Waals surface area contributed by atoms with E-state index in [2.05, 4.69) is 6.07 Å². The molecule has 1 aliphatic heterocycles. The van der Waals surface area contributed by atoms with Crippen LogP contribution in [0.15, 0.2) is 18.2 Å². The first-order valence-electron chi connectivity index (χ1n) is 4.74. The lowest BCUT2D eigenvalue weighted by Crippen LogP contribution is -2.40. The summed E-state index contributed by atoms with van der Waals surface area (Å²) < 4.78 is 18.5. The summed E-state index contributed by atoms with van der Waals surface area (Å²) in [4.78, 5) is 1.89.